The molecular weight excluding hydrogens is 208 g/mol. The third kappa shape index (κ3) is 3.68. The summed E-state index contributed by atoms with van der Waals surface area (Å²) in [5.41, 5.74) is 5.98. The number of methoxy groups -OCH3 is 2. The highest BCUT2D eigenvalue weighted by Crippen LogP contribution is 2.16. The maximum atomic E-state index is 9.39. The number of likely N-dealkylation sites (tertiary alicyclic amines) is 1. The zero-order valence-corrected chi connectivity index (χ0v) is 10.3. The van der Waals surface area contributed by atoms with Crippen LogP contribution in [0.2, 0.25) is 0 Å². The predicted molar refractivity (Wildman–Crippen MR) is 62.3 cm³/mol. The molecule has 0 radical (unpaired) electrons. The van der Waals surface area contributed by atoms with E-state index in [9.17, 15) is 5.11 Å². The molecule has 2 unspecified atom stereocenters. The van der Waals surface area contributed by atoms with Crippen molar-refractivity contribution in [2.75, 3.05) is 40.5 Å². The first-order chi connectivity index (χ1) is 7.72. The van der Waals surface area contributed by atoms with Crippen molar-refractivity contribution in [1.29, 1.82) is 0 Å². The third-order valence-corrected chi connectivity index (χ3v) is 3.32. The lowest BCUT2D eigenvalue weighted by Crippen LogP contribution is -2.54. The van der Waals surface area contributed by atoms with Gasteiger partial charge in [-0.3, -0.25) is 4.90 Å². The Hall–Kier alpha value is -0.200. The molecule has 16 heavy (non-hydrogen) atoms. The van der Waals surface area contributed by atoms with E-state index in [1.807, 2.05) is 0 Å². The van der Waals surface area contributed by atoms with Crippen LogP contribution in [0.25, 0.3) is 0 Å². The zero-order valence-electron chi connectivity index (χ0n) is 10.3. The number of hydrogen-bond donors (Lipinski definition) is 2. The van der Waals surface area contributed by atoms with Crippen molar-refractivity contribution >= 4 is 0 Å². The maximum absolute atomic E-state index is 9.39. The van der Waals surface area contributed by atoms with Crippen molar-refractivity contribution in [2.45, 2.75) is 31.0 Å². The van der Waals surface area contributed by atoms with Gasteiger partial charge in [-0.2, -0.15) is 0 Å². The Morgan fingerprint density at radius 2 is 2.00 bits per heavy atom. The monoisotopic (exact) mass is 232 g/mol. The number of rotatable bonds is 6. The van der Waals surface area contributed by atoms with Crippen LogP contribution in [0.5, 0.6) is 0 Å². The lowest BCUT2D eigenvalue weighted by atomic mass is 10.0. The average Bonchev–Trinajstić information content (AvgIpc) is 2.31. The van der Waals surface area contributed by atoms with Gasteiger partial charge in [0.25, 0.3) is 0 Å². The van der Waals surface area contributed by atoms with E-state index in [0.717, 1.165) is 25.9 Å². The summed E-state index contributed by atoms with van der Waals surface area (Å²) in [5.74, 6) is 0. The maximum Gasteiger partial charge on any atom is 0.0629 e. The second-order valence-corrected chi connectivity index (χ2v) is 4.34. The fraction of sp³-hybridized carbons (Fsp3) is 1.00. The van der Waals surface area contributed by atoms with Crippen LogP contribution < -0.4 is 5.73 Å². The van der Waals surface area contributed by atoms with E-state index in [1.165, 1.54) is 0 Å². The van der Waals surface area contributed by atoms with Gasteiger partial charge in [-0.25, -0.2) is 0 Å². The molecule has 5 heteroatoms. The molecule has 0 saturated carbocycles. The van der Waals surface area contributed by atoms with Crippen molar-refractivity contribution in [3.8, 4) is 0 Å². The van der Waals surface area contributed by atoms with E-state index in [4.69, 9.17) is 15.2 Å². The third-order valence-electron chi connectivity index (χ3n) is 3.32. The van der Waals surface area contributed by atoms with Gasteiger partial charge < -0.3 is 20.3 Å². The van der Waals surface area contributed by atoms with Gasteiger partial charge in [0.1, 0.15) is 0 Å². The van der Waals surface area contributed by atoms with Crippen molar-refractivity contribution in [1.82, 2.24) is 4.90 Å². The first-order valence-electron chi connectivity index (χ1n) is 5.85. The largest absolute Gasteiger partial charge is 0.395 e. The Labute approximate surface area is 97.5 Å². The second kappa shape index (κ2) is 7.19. The Morgan fingerprint density at radius 3 is 2.44 bits per heavy atom. The highest BCUT2D eigenvalue weighted by molar-refractivity contribution is 4.85. The van der Waals surface area contributed by atoms with Gasteiger partial charge in [0.2, 0.25) is 0 Å². The minimum atomic E-state index is -0.130. The fourth-order valence-corrected chi connectivity index (χ4v) is 2.27. The average molecular weight is 232 g/mol. The molecule has 1 aliphatic rings. The van der Waals surface area contributed by atoms with Gasteiger partial charge in [-0.1, -0.05) is 0 Å². The van der Waals surface area contributed by atoms with Crippen LogP contribution in [0, 0.1) is 0 Å². The molecule has 0 aliphatic carbocycles. The number of hydrogen-bond acceptors (Lipinski definition) is 5. The van der Waals surface area contributed by atoms with Gasteiger partial charge in [0, 0.05) is 33.4 Å². The van der Waals surface area contributed by atoms with Gasteiger partial charge in [-0.05, 0) is 12.8 Å². The van der Waals surface area contributed by atoms with Gasteiger partial charge in [0.15, 0.2) is 0 Å². The summed E-state index contributed by atoms with van der Waals surface area (Å²) in [6, 6.07) is -0.133. The number of piperidine rings is 1. The summed E-state index contributed by atoms with van der Waals surface area (Å²) in [4.78, 5) is 2.24. The van der Waals surface area contributed by atoms with Crippen LogP contribution >= 0.6 is 0 Å². The van der Waals surface area contributed by atoms with Gasteiger partial charge in [-0.15, -0.1) is 0 Å². The van der Waals surface area contributed by atoms with Crippen LogP contribution in [-0.4, -0.2) is 68.7 Å². The molecule has 2 atom stereocenters. The Bertz CT molecular complexity index is 184. The number of aliphatic hydroxyl groups is 1. The van der Waals surface area contributed by atoms with Gasteiger partial charge in [0.05, 0.1) is 25.4 Å². The highest BCUT2D eigenvalue weighted by Gasteiger charge is 2.28. The molecule has 3 N–H and O–H groups in total. The molecule has 0 spiro atoms. The van der Waals surface area contributed by atoms with Crippen LogP contribution in [0.15, 0.2) is 0 Å². The van der Waals surface area contributed by atoms with Crippen molar-refractivity contribution in [2.24, 2.45) is 5.73 Å². The summed E-state index contributed by atoms with van der Waals surface area (Å²) >= 11 is 0. The number of ether oxygens (including phenoxy) is 2. The van der Waals surface area contributed by atoms with E-state index in [1.54, 1.807) is 14.2 Å². The number of nitrogens with two attached hydrogens (primary N) is 1. The highest BCUT2D eigenvalue weighted by atomic mass is 16.5. The van der Waals surface area contributed by atoms with E-state index in [-0.39, 0.29) is 18.7 Å². The molecule has 1 heterocycles. The summed E-state index contributed by atoms with van der Waals surface area (Å²) in [6.07, 6.45) is 2.37. The molecule has 0 amide bonds. The first kappa shape index (κ1) is 13.9. The molecule has 1 saturated heterocycles. The molecule has 1 aliphatic heterocycles. The quantitative estimate of drug-likeness (QED) is 0.642. The standard InChI is InChI=1S/C11H24N2O3/c1-15-8-10(12)11(7-14)13-5-3-9(16-2)4-6-13/h9-11,14H,3-8,12H2,1-2H3. The summed E-state index contributed by atoms with van der Waals surface area (Å²) in [7, 11) is 3.38. The normalized spacial score (nSPS) is 23.2. The fourth-order valence-electron chi connectivity index (χ4n) is 2.27. The topological polar surface area (TPSA) is 68.0 Å². The molecule has 0 aromatic rings. The molecule has 1 fully saturated rings. The molecule has 0 aromatic heterocycles. The van der Waals surface area contributed by atoms with Crippen molar-refractivity contribution in [3.63, 3.8) is 0 Å². The summed E-state index contributed by atoms with van der Waals surface area (Å²) < 4.78 is 10.3. The summed E-state index contributed by atoms with van der Waals surface area (Å²) in [6.45, 7) is 2.43. The van der Waals surface area contributed by atoms with Crippen molar-refractivity contribution in [3.05, 3.63) is 0 Å². The predicted octanol–water partition coefficient (Wildman–Crippen LogP) is -0.568. The number of aliphatic hydroxyl groups excluding tert-OH is 1. The van der Waals surface area contributed by atoms with Crippen molar-refractivity contribution < 1.29 is 14.6 Å². The lowest BCUT2D eigenvalue weighted by Gasteiger charge is -2.38. The molecule has 96 valence electrons. The second-order valence-electron chi connectivity index (χ2n) is 4.34. The lowest BCUT2D eigenvalue weighted by molar-refractivity contribution is 0.00333. The van der Waals surface area contributed by atoms with Crippen LogP contribution in [-0.2, 0) is 9.47 Å². The minimum Gasteiger partial charge on any atom is -0.395 e. The van der Waals surface area contributed by atoms with Crippen LogP contribution in [0.4, 0.5) is 0 Å². The van der Waals surface area contributed by atoms with E-state index in [2.05, 4.69) is 4.90 Å². The molecule has 0 aromatic carbocycles. The molecule has 1 rings (SSSR count). The first-order valence-corrected chi connectivity index (χ1v) is 5.85. The Morgan fingerprint density at radius 1 is 1.38 bits per heavy atom. The van der Waals surface area contributed by atoms with E-state index < -0.39 is 0 Å². The molecular formula is C11H24N2O3. The number of nitrogens with zero attached hydrogens (tertiary/aromatic N) is 1. The SMILES string of the molecule is COCC(N)C(CO)N1CCC(OC)CC1. The smallest absolute Gasteiger partial charge is 0.0629 e. The zero-order chi connectivity index (χ0) is 12.0. The van der Waals surface area contributed by atoms with E-state index in [0.29, 0.717) is 12.7 Å². The van der Waals surface area contributed by atoms with Crippen LogP contribution in [0.1, 0.15) is 12.8 Å². The van der Waals surface area contributed by atoms with Gasteiger partial charge >= 0.3 is 0 Å². The van der Waals surface area contributed by atoms with E-state index >= 15 is 0 Å². The Kier molecular flexibility index (Phi) is 6.23. The molecule has 0 bridgehead atoms. The summed E-state index contributed by atoms with van der Waals surface area (Å²) in [5, 5.41) is 9.39. The Balaban J connectivity index is 2.42. The molecule has 5 nitrogen and oxygen atoms in total. The van der Waals surface area contributed by atoms with Crippen LogP contribution in [0.3, 0.4) is 0 Å². The minimum absolute atomic E-state index is 0.00208.